The highest BCUT2D eigenvalue weighted by molar-refractivity contribution is 7.85. The molecule has 1 amide bonds. The molecule has 1 aromatic carbocycles. The molecular formula is C28H30N6O3S. The number of benzene rings is 1. The first-order valence-corrected chi connectivity index (χ1v) is 14.5. The van der Waals surface area contributed by atoms with Crippen LogP contribution in [0.1, 0.15) is 41.6 Å². The minimum atomic E-state index is -0.688. The lowest BCUT2D eigenvalue weighted by molar-refractivity contribution is 0.0950. The molecule has 1 saturated heterocycles. The second kappa shape index (κ2) is 10.5. The van der Waals surface area contributed by atoms with Gasteiger partial charge in [-0.3, -0.25) is 14.0 Å². The average molecular weight is 531 g/mol. The quantitative estimate of drug-likeness (QED) is 0.348. The molecule has 0 atom stereocenters. The summed E-state index contributed by atoms with van der Waals surface area (Å²) in [6.07, 6.45) is 9.12. The number of fused-ring (bicyclic) bond motifs is 1. The molecule has 38 heavy (non-hydrogen) atoms. The number of nitrogens with zero attached hydrogens (tertiary/aromatic N) is 4. The fourth-order valence-electron chi connectivity index (χ4n) is 4.72. The van der Waals surface area contributed by atoms with Gasteiger partial charge in [-0.15, -0.1) is 5.10 Å². The minimum Gasteiger partial charge on any atom is -0.436 e. The van der Waals surface area contributed by atoms with Gasteiger partial charge in [-0.25, -0.2) is 9.50 Å². The Hall–Kier alpha value is -3.79. The first-order chi connectivity index (χ1) is 18.5. The molecule has 0 spiro atoms. The fourth-order valence-corrected chi connectivity index (χ4v) is 6.12. The van der Waals surface area contributed by atoms with Gasteiger partial charge >= 0.3 is 0 Å². The van der Waals surface area contributed by atoms with Gasteiger partial charge in [0, 0.05) is 58.3 Å². The Balaban J connectivity index is 1.33. The second-order valence-electron chi connectivity index (χ2n) is 10.0. The molecule has 9 nitrogen and oxygen atoms in total. The van der Waals surface area contributed by atoms with Crippen molar-refractivity contribution < 1.29 is 13.7 Å². The zero-order valence-electron chi connectivity index (χ0n) is 21.2. The summed E-state index contributed by atoms with van der Waals surface area (Å²) in [6.45, 7) is 2.71. The monoisotopic (exact) mass is 530 g/mol. The van der Waals surface area contributed by atoms with Crippen LogP contribution in [0.2, 0.25) is 0 Å². The first-order valence-electron chi connectivity index (χ1n) is 13.0. The predicted octanol–water partition coefficient (Wildman–Crippen LogP) is 4.35. The Morgan fingerprint density at radius 1 is 1.13 bits per heavy atom. The first kappa shape index (κ1) is 24.5. The number of carbonyl (C=O) groups excluding carboxylic acids is 1. The Morgan fingerprint density at radius 2 is 1.97 bits per heavy atom. The number of hydrogen-bond acceptors (Lipinski definition) is 7. The van der Waals surface area contributed by atoms with E-state index in [1.165, 1.54) is 0 Å². The largest absolute Gasteiger partial charge is 0.436 e. The number of aromatic nitrogens is 4. The topological polar surface area (TPSA) is 111 Å². The molecule has 196 valence electrons. The molecular weight excluding hydrogens is 500 g/mol. The summed E-state index contributed by atoms with van der Waals surface area (Å²) in [7, 11) is -0.688. The molecule has 3 aromatic heterocycles. The summed E-state index contributed by atoms with van der Waals surface area (Å²) >= 11 is 0. The Morgan fingerprint density at radius 3 is 2.71 bits per heavy atom. The molecule has 1 saturated carbocycles. The van der Waals surface area contributed by atoms with Crippen molar-refractivity contribution in [3.63, 3.8) is 0 Å². The number of hydrogen-bond donors (Lipinski definition) is 2. The number of amides is 1. The smallest absolute Gasteiger partial charge is 0.251 e. The minimum absolute atomic E-state index is 0.0296. The molecule has 6 rings (SSSR count). The summed E-state index contributed by atoms with van der Waals surface area (Å²) in [4.78, 5) is 21.5. The van der Waals surface area contributed by atoms with Crippen LogP contribution in [0.5, 0.6) is 11.6 Å². The summed E-state index contributed by atoms with van der Waals surface area (Å²) in [5.41, 5.74) is 4.78. The van der Waals surface area contributed by atoms with Crippen molar-refractivity contribution >= 4 is 28.0 Å². The highest BCUT2D eigenvalue weighted by Crippen LogP contribution is 2.30. The van der Waals surface area contributed by atoms with E-state index in [-0.39, 0.29) is 5.91 Å². The van der Waals surface area contributed by atoms with Crippen LogP contribution >= 0.6 is 0 Å². The maximum atomic E-state index is 12.6. The SMILES string of the molecule is Cc1cc(-c2cnc3c(NCC4CCS(=O)CC4)cc(Oc4cccnc4)nn23)ccc1C(=O)NC1CC1. The number of carbonyl (C=O) groups is 1. The van der Waals surface area contributed by atoms with Gasteiger partial charge in [0.25, 0.3) is 5.91 Å². The zero-order chi connectivity index (χ0) is 26.1. The van der Waals surface area contributed by atoms with Gasteiger partial charge in [0.1, 0.15) is 5.75 Å². The molecule has 1 aliphatic heterocycles. The van der Waals surface area contributed by atoms with Crippen molar-refractivity contribution in [1.29, 1.82) is 0 Å². The van der Waals surface area contributed by atoms with Crippen LogP contribution in [-0.4, -0.2) is 53.8 Å². The number of nitrogens with one attached hydrogen (secondary N) is 2. The van der Waals surface area contributed by atoms with E-state index in [0.29, 0.717) is 34.8 Å². The summed E-state index contributed by atoms with van der Waals surface area (Å²) in [5, 5.41) is 11.4. The van der Waals surface area contributed by atoms with Gasteiger partial charge in [0.05, 0.1) is 23.8 Å². The second-order valence-corrected chi connectivity index (χ2v) is 11.7. The highest BCUT2D eigenvalue weighted by Gasteiger charge is 2.25. The van der Waals surface area contributed by atoms with Gasteiger partial charge < -0.3 is 15.4 Å². The maximum absolute atomic E-state index is 12.6. The number of imidazole rings is 1. The van der Waals surface area contributed by atoms with E-state index in [4.69, 9.17) is 14.8 Å². The number of rotatable bonds is 8. The van der Waals surface area contributed by atoms with Gasteiger partial charge in [0.15, 0.2) is 5.65 Å². The van der Waals surface area contributed by atoms with Gasteiger partial charge in [-0.05, 0) is 68.4 Å². The van der Waals surface area contributed by atoms with Crippen LogP contribution in [0.15, 0.2) is 55.0 Å². The van der Waals surface area contributed by atoms with E-state index >= 15 is 0 Å². The zero-order valence-corrected chi connectivity index (χ0v) is 22.0. The van der Waals surface area contributed by atoms with Crippen LogP contribution in [0, 0.1) is 12.8 Å². The number of aryl methyl sites for hydroxylation is 1. The van der Waals surface area contributed by atoms with Crippen molar-refractivity contribution in [2.45, 2.75) is 38.6 Å². The van der Waals surface area contributed by atoms with E-state index in [0.717, 1.165) is 66.2 Å². The predicted molar refractivity (Wildman–Crippen MR) is 147 cm³/mol. The average Bonchev–Trinajstić information content (AvgIpc) is 3.63. The Bertz CT molecular complexity index is 1490. The van der Waals surface area contributed by atoms with Crippen LogP contribution in [-0.2, 0) is 10.8 Å². The number of pyridine rings is 1. The normalized spacial score (nSPS) is 19.3. The van der Waals surface area contributed by atoms with Crippen molar-refractivity contribution in [2.75, 3.05) is 23.4 Å². The van der Waals surface area contributed by atoms with E-state index in [9.17, 15) is 9.00 Å². The van der Waals surface area contributed by atoms with Crippen LogP contribution < -0.4 is 15.4 Å². The van der Waals surface area contributed by atoms with E-state index in [2.05, 4.69) is 15.6 Å². The number of anilines is 1. The number of ether oxygens (including phenoxy) is 1. The third-order valence-corrected chi connectivity index (χ3v) is 8.45. The molecule has 4 aromatic rings. The molecule has 2 aliphatic rings. The van der Waals surface area contributed by atoms with E-state index in [1.807, 2.05) is 43.3 Å². The third-order valence-electron chi connectivity index (χ3n) is 7.07. The maximum Gasteiger partial charge on any atom is 0.251 e. The van der Waals surface area contributed by atoms with E-state index in [1.54, 1.807) is 23.1 Å². The van der Waals surface area contributed by atoms with Crippen molar-refractivity contribution in [3.05, 3.63) is 66.1 Å². The molecule has 1 aliphatic carbocycles. The van der Waals surface area contributed by atoms with Gasteiger partial charge in [-0.1, -0.05) is 6.07 Å². The van der Waals surface area contributed by atoms with Crippen LogP contribution in [0.4, 0.5) is 5.69 Å². The van der Waals surface area contributed by atoms with Crippen LogP contribution in [0.25, 0.3) is 16.9 Å². The Labute approximate surface area is 223 Å². The third kappa shape index (κ3) is 5.40. The van der Waals surface area contributed by atoms with Gasteiger partial charge in [0.2, 0.25) is 5.88 Å². The molecule has 2 fully saturated rings. The molecule has 0 bridgehead atoms. The standard InChI is InChI=1S/C28H30N6O3S/c1-18-13-20(4-7-23(18)28(35)32-21-5-6-21)25-17-31-27-24(30-15-19-8-11-38(36)12-9-19)14-26(33-34(25)27)37-22-3-2-10-29-16-22/h2-4,7,10,13-14,16-17,19,21,30H,5-6,8-9,11-12,15H2,1H3,(H,32,35). The highest BCUT2D eigenvalue weighted by atomic mass is 32.2. The molecule has 10 heteroatoms. The fraction of sp³-hybridized carbons (Fsp3) is 0.357. The molecule has 0 unspecified atom stereocenters. The molecule has 4 heterocycles. The van der Waals surface area contributed by atoms with Crippen LogP contribution in [0.3, 0.4) is 0 Å². The van der Waals surface area contributed by atoms with E-state index < -0.39 is 10.8 Å². The van der Waals surface area contributed by atoms with Crippen molar-refractivity contribution in [1.82, 2.24) is 24.9 Å². The summed E-state index contributed by atoms with van der Waals surface area (Å²) < 4.78 is 19.6. The lowest BCUT2D eigenvalue weighted by Gasteiger charge is -2.22. The lowest BCUT2D eigenvalue weighted by atomic mass is 10.0. The summed E-state index contributed by atoms with van der Waals surface area (Å²) in [6, 6.07) is 11.6. The van der Waals surface area contributed by atoms with Crippen molar-refractivity contribution in [3.8, 4) is 22.9 Å². The lowest BCUT2D eigenvalue weighted by Crippen LogP contribution is -2.26. The molecule has 0 radical (unpaired) electrons. The Kier molecular flexibility index (Phi) is 6.80. The van der Waals surface area contributed by atoms with Crippen molar-refractivity contribution in [2.24, 2.45) is 5.92 Å². The van der Waals surface area contributed by atoms with Gasteiger partial charge in [-0.2, -0.15) is 0 Å². The summed E-state index contributed by atoms with van der Waals surface area (Å²) in [5.74, 6) is 2.94. The molecule has 2 N–H and O–H groups in total.